The highest BCUT2D eigenvalue weighted by Crippen LogP contribution is 2.36. The molecule has 0 aliphatic carbocycles. The smallest absolute Gasteiger partial charge is 0.0707 e. The zero-order valence-corrected chi connectivity index (χ0v) is 15.3. The summed E-state index contributed by atoms with van der Waals surface area (Å²) in [6, 6.07) is 8.87. The molecule has 2 rings (SSSR count). The second kappa shape index (κ2) is 5.53. The second-order valence-corrected chi connectivity index (χ2v) is 8.43. The van der Waals surface area contributed by atoms with Crippen molar-refractivity contribution >= 4 is 0 Å². The Balaban J connectivity index is 2.66. The fourth-order valence-electron chi connectivity index (χ4n) is 2.92. The van der Waals surface area contributed by atoms with E-state index in [9.17, 15) is 0 Å². The first kappa shape index (κ1) is 16.7. The number of pyridine rings is 1. The highest BCUT2D eigenvalue weighted by Gasteiger charge is 2.26. The van der Waals surface area contributed by atoms with Crippen LogP contribution in [0.3, 0.4) is 0 Å². The number of hydrogen-bond acceptors (Lipinski definition) is 1. The average Bonchev–Trinajstić information content (AvgIpc) is 2.36. The lowest BCUT2D eigenvalue weighted by Gasteiger charge is -2.30. The van der Waals surface area contributed by atoms with E-state index in [4.69, 9.17) is 4.98 Å². The van der Waals surface area contributed by atoms with E-state index in [0.29, 0.717) is 0 Å². The molecule has 0 saturated carbocycles. The molecule has 118 valence electrons. The van der Waals surface area contributed by atoms with Crippen molar-refractivity contribution in [2.75, 3.05) is 0 Å². The highest BCUT2D eigenvalue weighted by molar-refractivity contribution is 5.65. The van der Waals surface area contributed by atoms with Gasteiger partial charge in [-0.25, -0.2) is 0 Å². The zero-order valence-electron chi connectivity index (χ0n) is 15.3. The Kier molecular flexibility index (Phi) is 4.21. The third-order valence-electron chi connectivity index (χ3n) is 4.18. The Morgan fingerprint density at radius 3 is 1.86 bits per heavy atom. The molecule has 1 aromatic carbocycles. The second-order valence-electron chi connectivity index (χ2n) is 8.43. The predicted octanol–water partition coefficient (Wildman–Crippen LogP) is 5.96. The van der Waals surface area contributed by atoms with E-state index in [1.165, 1.54) is 27.8 Å². The maximum atomic E-state index is 4.78. The van der Waals surface area contributed by atoms with Gasteiger partial charge in [0.25, 0.3) is 0 Å². The molecule has 0 saturated heterocycles. The van der Waals surface area contributed by atoms with Crippen LogP contribution in [0.25, 0.3) is 11.3 Å². The Bertz CT molecular complexity index is 682. The number of nitrogens with zero attached hydrogens (tertiary/aromatic N) is 1. The maximum Gasteiger partial charge on any atom is 0.0707 e. The standard InChI is InChI=1S/C21H29N/c1-14-9-10-16(15(2)11-14)19-12-17(20(3,4)5)18(13-22-19)21(6,7)8/h9-13H,1-8H3. The summed E-state index contributed by atoms with van der Waals surface area (Å²) < 4.78 is 0. The van der Waals surface area contributed by atoms with Crippen LogP contribution in [0.15, 0.2) is 30.5 Å². The summed E-state index contributed by atoms with van der Waals surface area (Å²) in [5, 5.41) is 0. The summed E-state index contributed by atoms with van der Waals surface area (Å²) in [5.41, 5.74) is 7.85. The Hall–Kier alpha value is -1.63. The van der Waals surface area contributed by atoms with Crippen LogP contribution in [-0.4, -0.2) is 4.98 Å². The lowest BCUT2D eigenvalue weighted by Crippen LogP contribution is -2.22. The van der Waals surface area contributed by atoms with Gasteiger partial charge in [0, 0.05) is 11.8 Å². The fraction of sp³-hybridized carbons (Fsp3) is 0.476. The van der Waals surface area contributed by atoms with E-state index in [0.717, 1.165) is 5.69 Å². The lowest BCUT2D eigenvalue weighted by molar-refractivity contribution is 0.528. The van der Waals surface area contributed by atoms with Crippen LogP contribution in [0.1, 0.15) is 63.8 Å². The Labute approximate surface area is 135 Å². The summed E-state index contributed by atoms with van der Waals surface area (Å²) in [4.78, 5) is 4.78. The Morgan fingerprint density at radius 1 is 0.773 bits per heavy atom. The average molecular weight is 295 g/mol. The van der Waals surface area contributed by atoms with Gasteiger partial charge in [0.05, 0.1) is 5.69 Å². The van der Waals surface area contributed by atoms with Crippen LogP contribution in [0.5, 0.6) is 0 Å². The van der Waals surface area contributed by atoms with E-state index in [2.05, 4.69) is 85.9 Å². The van der Waals surface area contributed by atoms with Crippen molar-refractivity contribution in [2.45, 2.75) is 66.2 Å². The number of benzene rings is 1. The van der Waals surface area contributed by atoms with E-state index in [-0.39, 0.29) is 10.8 Å². The summed E-state index contributed by atoms with van der Waals surface area (Å²) in [6.07, 6.45) is 2.08. The molecule has 0 fully saturated rings. The van der Waals surface area contributed by atoms with Crippen molar-refractivity contribution in [2.24, 2.45) is 0 Å². The van der Waals surface area contributed by atoms with Crippen molar-refractivity contribution in [3.8, 4) is 11.3 Å². The lowest BCUT2D eigenvalue weighted by atomic mass is 9.75. The predicted molar refractivity (Wildman–Crippen MR) is 96.5 cm³/mol. The molecular formula is C21H29N. The number of aryl methyl sites for hydroxylation is 2. The molecule has 0 atom stereocenters. The molecule has 1 heteroatoms. The highest BCUT2D eigenvalue weighted by atomic mass is 14.7. The molecule has 0 aliphatic rings. The number of aromatic nitrogens is 1. The molecule has 0 N–H and O–H groups in total. The molecule has 0 unspecified atom stereocenters. The van der Waals surface area contributed by atoms with Crippen molar-refractivity contribution < 1.29 is 0 Å². The van der Waals surface area contributed by atoms with Gasteiger partial charge in [-0.2, -0.15) is 0 Å². The van der Waals surface area contributed by atoms with Gasteiger partial charge in [0.1, 0.15) is 0 Å². The first-order chi connectivity index (χ1) is 10.00. The molecule has 0 aliphatic heterocycles. The molecule has 22 heavy (non-hydrogen) atoms. The minimum atomic E-state index is 0.108. The first-order valence-corrected chi connectivity index (χ1v) is 8.09. The molecule has 1 heterocycles. The quantitative estimate of drug-likeness (QED) is 0.632. The molecular weight excluding hydrogens is 266 g/mol. The van der Waals surface area contributed by atoms with Gasteiger partial charge < -0.3 is 0 Å². The Morgan fingerprint density at radius 2 is 1.36 bits per heavy atom. The number of hydrogen-bond donors (Lipinski definition) is 0. The summed E-state index contributed by atoms with van der Waals surface area (Å²) in [6.45, 7) is 17.9. The van der Waals surface area contributed by atoms with Gasteiger partial charge in [-0.1, -0.05) is 65.3 Å². The minimum Gasteiger partial charge on any atom is -0.256 e. The zero-order chi connectivity index (χ0) is 16.7. The maximum absolute atomic E-state index is 4.78. The van der Waals surface area contributed by atoms with Crippen molar-refractivity contribution in [1.29, 1.82) is 0 Å². The van der Waals surface area contributed by atoms with E-state index in [1.807, 2.05) is 0 Å². The molecule has 0 bridgehead atoms. The fourth-order valence-corrected chi connectivity index (χ4v) is 2.92. The van der Waals surface area contributed by atoms with E-state index >= 15 is 0 Å². The van der Waals surface area contributed by atoms with Crippen LogP contribution in [0.4, 0.5) is 0 Å². The minimum absolute atomic E-state index is 0.108. The van der Waals surface area contributed by atoms with Crippen LogP contribution < -0.4 is 0 Å². The third-order valence-corrected chi connectivity index (χ3v) is 4.18. The van der Waals surface area contributed by atoms with Crippen LogP contribution in [0.2, 0.25) is 0 Å². The van der Waals surface area contributed by atoms with Gasteiger partial charge in [-0.05, 0) is 47.4 Å². The summed E-state index contributed by atoms with van der Waals surface area (Å²) in [5.74, 6) is 0. The van der Waals surface area contributed by atoms with Gasteiger partial charge in [-0.3, -0.25) is 4.98 Å². The van der Waals surface area contributed by atoms with E-state index < -0.39 is 0 Å². The molecule has 1 aromatic heterocycles. The SMILES string of the molecule is Cc1ccc(-c2cc(C(C)(C)C)c(C(C)(C)C)cn2)c(C)c1. The molecule has 0 spiro atoms. The molecule has 1 nitrogen and oxygen atoms in total. The monoisotopic (exact) mass is 295 g/mol. The molecule has 0 amide bonds. The van der Waals surface area contributed by atoms with Gasteiger partial charge in [-0.15, -0.1) is 0 Å². The summed E-state index contributed by atoms with van der Waals surface area (Å²) in [7, 11) is 0. The summed E-state index contributed by atoms with van der Waals surface area (Å²) >= 11 is 0. The normalized spacial score (nSPS) is 12.5. The van der Waals surface area contributed by atoms with Crippen LogP contribution in [-0.2, 0) is 10.8 Å². The van der Waals surface area contributed by atoms with Gasteiger partial charge in [0.2, 0.25) is 0 Å². The van der Waals surface area contributed by atoms with Crippen molar-refractivity contribution in [3.05, 3.63) is 52.7 Å². The largest absolute Gasteiger partial charge is 0.256 e. The van der Waals surface area contributed by atoms with Gasteiger partial charge in [0.15, 0.2) is 0 Å². The molecule has 0 radical (unpaired) electrons. The number of rotatable bonds is 1. The first-order valence-electron chi connectivity index (χ1n) is 8.09. The van der Waals surface area contributed by atoms with Crippen molar-refractivity contribution in [1.82, 2.24) is 4.98 Å². The van der Waals surface area contributed by atoms with Crippen LogP contribution >= 0.6 is 0 Å². The van der Waals surface area contributed by atoms with Crippen LogP contribution in [0, 0.1) is 13.8 Å². The van der Waals surface area contributed by atoms with E-state index in [1.54, 1.807) is 0 Å². The topological polar surface area (TPSA) is 12.9 Å². The molecule has 2 aromatic rings. The van der Waals surface area contributed by atoms with Crippen molar-refractivity contribution in [3.63, 3.8) is 0 Å². The third kappa shape index (κ3) is 3.40. The van der Waals surface area contributed by atoms with Gasteiger partial charge >= 0.3 is 0 Å².